The van der Waals surface area contributed by atoms with Crippen LogP contribution < -0.4 is 4.74 Å². The predicted octanol–water partition coefficient (Wildman–Crippen LogP) is 4.27. The van der Waals surface area contributed by atoms with Gasteiger partial charge in [0.15, 0.2) is 6.73 Å². The quantitative estimate of drug-likeness (QED) is 0.446. The molecule has 0 aliphatic rings. The van der Waals surface area contributed by atoms with Crippen LogP contribution in [0.1, 0.15) is 23.6 Å². The summed E-state index contributed by atoms with van der Waals surface area (Å²) in [5.74, 6) is 0.652. The third-order valence-corrected chi connectivity index (χ3v) is 3.80. The Bertz CT molecular complexity index is 906. The lowest BCUT2D eigenvalue weighted by Crippen LogP contribution is -2.08. The average Bonchev–Trinajstić information content (AvgIpc) is 3.20. The minimum atomic E-state index is -4.35. The monoisotopic (exact) mass is 390 g/mol. The first-order valence-electron chi connectivity index (χ1n) is 8.32. The van der Waals surface area contributed by atoms with Crippen molar-refractivity contribution in [3.05, 3.63) is 77.6 Å². The highest BCUT2D eigenvalue weighted by Crippen LogP contribution is 2.29. The first-order chi connectivity index (χ1) is 13.4. The first kappa shape index (κ1) is 19.4. The molecule has 3 rings (SSSR count). The van der Waals surface area contributed by atoms with Crippen LogP contribution in [0, 0.1) is 0 Å². The van der Waals surface area contributed by atoms with Gasteiger partial charge in [-0.2, -0.15) is 23.4 Å². The Morgan fingerprint density at radius 2 is 1.64 bits per heavy atom. The lowest BCUT2D eigenvalue weighted by atomic mass is 10.1. The molecule has 1 aromatic heterocycles. The van der Waals surface area contributed by atoms with E-state index >= 15 is 0 Å². The van der Waals surface area contributed by atoms with Crippen molar-refractivity contribution in [1.29, 1.82) is 0 Å². The molecule has 146 valence electrons. The molecule has 0 N–H and O–H groups in total. The van der Waals surface area contributed by atoms with E-state index in [0.717, 1.165) is 17.7 Å². The number of halogens is 3. The normalized spacial score (nSPS) is 12.1. The molecule has 0 amide bonds. The molecule has 0 atom stereocenters. The summed E-state index contributed by atoms with van der Waals surface area (Å²) < 4.78 is 43.2. The summed E-state index contributed by atoms with van der Waals surface area (Å²) in [5.41, 5.74) is 1.37. The molecular weight excluding hydrogens is 373 g/mol. The van der Waals surface area contributed by atoms with Crippen molar-refractivity contribution < 1.29 is 22.7 Å². The molecule has 0 spiro atoms. The van der Waals surface area contributed by atoms with Gasteiger partial charge < -0.3 is 9.57 Å². The summed E-state index contributed by atoms with van der Waals surface area (Å²) in [4.78, 5) is 6.66. The third kappa shape index (κ3) is 5.32. The molecule has 2 aromatic carbocycles. The van der Waals surface area contributed by atoms with Gasteiger partial charge in [0.2, 0.25) is 0 Å². The maximum absolute atomic E-state index is 12.5. The number of ether oxygens (including phenoxy) is 1. The number of rotatable bonds is 7. The van der Waals surface area contributed by atoms with E-state index in [1.165, 1.54) is 16.9 Å². The summed E-state index contributed by atoms with van der Waals surface area (Å²) in [7, 11) is 0. The molecule has 0 bridgehead atoms. The van der Waals surface area contributed by atoms with Crippen molar-refractivity contribution in [1.82, 2.24) is 15.0 Å². The van der Waals surface area contributed by atoms with Gasteiger partial charge in [0, 0.05) is 0 Å². The molecule has 3 aromatic rings. The number of aromatic nitrogens is 3. The second kappa shape index (κ2) is 8.55. The summed E-state index contributed by atoms with van der Waals surface area (Å²) in [6, 6.07) is 12.0. The Labute approximate surface area is 159 Å². The summed E-state index contributed by atoms with van der Waals surface area (Å²) in [6.45, 7) is 2.06. The van der Waals surface area contributed by atoms with Crippen LogP contribution in [0.4, 0.5) is 13.2 Å². The van der Waals surface area contributed by atoms with Gasteiger partial charge in [-0.05, 0) is 54.4 Å². The highest BCUT2D eigenvalue weighted by molar-refractivity contribution is 5.98. The van der Waals surface area contributed by atoms with Crippen molar-refractivity contribution in [2.75, 3.05) is 0 Å². The van der Waals surface area contributed by atoms with Gasteiger partial charge in [0.25, 0.3) is 0 Å². The van der Waals surface area contributed by atoms with Crippen LogP contribution in [0.3, 0.4) is 0 Å². The molecule has 6 nitrogen and oxygen atoms in total. The number of hydrogen-bond acceptors (Lipinski definition) is 5. The van der Waals surface area contributed by atoms with E-state index in [0.29, 0.717) is 17.0 Å². The standard InChI is InChI=1S/C19H17F3N4O2/c1-14(25-28-12-15-2-6-17(7-3-15)19(20,21)22)16-4-8-18(9-5-16)27-13-26-23-10-11-24-26/h2-11H,12-13H2,1H3/b25-14+. The molecule has 0 fully saturated rings. The molecule has 0 saturated heterocycles. The van der Waals surface area contributed by atoms with E-state index in [-0.39, 0.29) is 13.3 Å². The summed E-state index contributed by atoms with van der Waals surface area (Å²) in [5, 5.41) is 11.9. The van der Waals surface area contributed by atoms with Gasteiger partial charge in [0.1, 0.15) is 12.4 Å². The zero-order valence-corrected chi connectivity index (χ0v) is 14.9. The van der Waals surface area contributed by atoms with Gasteiger partial charge in [-0.3, -0.25) is 0 Å². The first-order valence-corrected chi connectivity index (χ1v) is 8.32. The molecule has 0 saturated carbocycles. The topological polar surface area (TPSA) is 61.5 Å². The minimum Gasteiger partial charge on any atom is -0.470 e. The van der Waals surface area contributed by atoms with Gasteiger partial charge in [-0.1, -0.05) is 17.3 Å². The smallest absolute Gasteiger partial charge is 0.416 e. The van der Waals surface area contributed by atoms with Crippen molar-refractivity contribution in [3.8, 4) is 5.75 Å². The highest BCUT2D eigenvalue weighted by Gasteiger charge is 2.29. The van der Waals surface area contributed by atoms with Crippen molar-refractivity contribution in [2.45, 2.75) is 26.4 Å². The Morgan fingerprint density at radius 3 is 2.25 bits per heavy atom. The Kier molecular flexibility index (Phi) is 5.93. The molecule has 0 aliphatic heterocycles. The fraction of sp³-hybridized carbons (Fsp3) is 0.211. The minimum absolute atomic E-state index is 0.0769. The largest absolute Gasteiger partial charge is 0.470 e. The Hall–Kier alpha value is -3.36. The van der Waals surface area contributed by atoms with Crippen molar-refractivity contribution >= 4 is 5.71 Å². The van der Waals surface area contributed by atoms with Gasteiger partial charge in [-0.15, -0.1) is 4.80 Å². The van der Waals surface area contributed by atoms with Crippen LogP contribution in [-0.4, -0.2) is 20.7 Å². The fourth-order valence-corrected chi connectivity index (χ4v) is 2.28. The SMILES string of the molecule is C/C(=N\OCc1ccc(C(F)(F)F)cc1)c1ccc(OCn2nccn2)cc1. The van der Waals surface area contributed by atoms with E-state index in [4.69, 9.17) is 9.57 Å². The van der Waals surface area contributed by atoms with E-state index in [1.807, 2.05) is 12.1 Å². The van der Waals surface area contributed by atoms with Crippen molar-refractivity contribution in [2.24, 2.45) is 5.16 Å². The van der Waals surface area contributed by atoms with Crippen LogP contribution in [0.5, 0.6) is 5.75 Å². The molecule has 28 heavy (non-hydrogen) atoms. The molecule has 0 unspecified atom stereocenters. The molecule has 0 radical (unpaired) electrons. The number of oxime groups is 1. The van der Waals surface area contributed by atoms with E-state index < -0.39 is 11.7 Å². The number of hydrogen-bond donors (Lipinski definition) is 0. The average molecular weight is 390 g/mol. The van der Waals surface area contributed by atoms with E-state index in [9.17, 15) is 13.2 Å². The van der Waals surface area contributed by atoms with Gasteiger partial charge in [0.05, 0.1) is 23.7 Å². The maximum atomic E-state index is 12.5. The van der Waals surface area contributed by atoms with Gasteiger partial charge >= 0.3 is 6.18 Å². The second-order valence-corrected chi connectivity index (χ2v) is 5.84. The van der Waals surface area contributed by atoms with Crippen LogP contribution >= 0.6 is 0 Å². The molecule has 1 heterocycles. The Balaban J connectivity index is 1.51. The Morgan fingerprint density at radius 1 is 1.00 bits per heavy atom. The van der Waals surface area contributed by atoms with Crippen LogP contribution in [0.15, 0.2) is 66.1 Å². The molecule has 0 aliphatic carbocycles. The summed E-state index contributed by atoms with van der Waals surface area (Å²) >= 11 is 0. The zero-order chi connectivity index (χ0) is 20.0. The molecular formula is C19H17F3N4O2. The predicted molar refractivity (Wildman–Crippen MR) is 95.5 cm³/mol. The van der Waals surface area contributed by atoms with Crippen LogP contribution in [0.25, 0.3) is 0 Å². The fourth-order valence-electron chi connectivity index (χ4n) is 2.28. The van der Waals surface area contributed by atoms with Crippen LogP contribution in [0.2, 0.25) is 0 Å². The maximum Gasteiger partial charge on any atom is 0.416 e. The lowest BCUT2D eigenvalue weighted by Gasteiger charge is -2.08. The number of alkyl halides is 3. The summed E-state index contributed by atoms with van der Waals surface area (Å²) in [6.07, 6.45) is -1.22. The molecule has 9 heteroatoms. The third-order valence-electron chi connectivity index (χ3n) is 3.80. The van der Waals surface area contributed by atoms with Crippen LogP contribution in [-0.2, 0) is 24.4 Å². The van der Waals surface area contributed by atoms with Gasteiger partial charge in [-0.25, -0.2) is 0 Å². The highest BCUT2D eigenvalue weighted by atomic mass is 19.4. The number of nitrogens with zero attached hydrogens (tertiary/aromatic N) is 4. The second-order valence-electron chi connectivity index (χ2n) is 5.84. The number of benzene rings is 2. The van der Waals surface area contributed by atoms with Crippen molar-refractivity contribution in [3.63, 3.8) is 0 Å². The van der Waals surface area contributed by atoms with E-state index in [1.54, 1.807) is 31.5 Å². The zero-order valence-electron chi connectivity index (χ0n) is 14.9. The lowest BCUT2D eigenvalue weighted by molar-refractivity contribution is -0.137. The van der Waals surface area contributed by atoms with E-state index in [2.05, 4.69) is 15.4 Å².